The minimum absolute atomic E-state index is 0.563. The molecule has 0 atom stereocenters. The van der Waals surface area contributed by atoms with Crippen molar-refractivity contribution in [3.05, 3.63) is 59.8 Å². The molecule has 3 rings (SSSR count). The third-order valence-corrected chi connectivity index (χ3v) is 3.74. The molecule has 0 fully saturated rings. The summed E-state index contributed by atoms with van der Waals surface area (Å²) in [6.07, 6.45) is 2.14. The van der Waals surface area contributed by atoms with E-state index in [1.807, 2.05) is 24.3 Å². The number of benzene rings is 2. The van der Waals surface area contributed by atoms with E-state index in [2.05, 4.69) is 42.9 Å². The summed E-state index contributed by atoms with van der Waals surface area (Å²) in [6.45, 7) is 2.70. The van der Waals surface area contributed by atoms with Gasteiger partial charge in [-0.05, 0) is 36.8 Å². The average Bonchev–Trinajstić information content (AvgIpc) is 2.83. The smallest absolute Gasteiger partial charge is 0.120 e. The van der Waals surface area contributed by atoms with Crippen molar-refractivity contribution in [3.8, 4) is 11.5 Å². The molecular weight excluding hydrogens is 262 g/mol. The number of aromatic nitrogens is 1. The molecule has 0 radical (unpaired) electrons. The van der Waals surface area contributed by atoms with Gasteiger partial charge in [-0.2, -0.15) is 0 Å². The van der Waals surface area contributed by atoms with Crippen molar-refractivity contribution in [2.75, 3.05) is 7.11 Å². The first-order valence-electron chi connectivity index (χ1n) is 6.99. The largest absolute Gasteiger partial charge is 0.497 e. The third-order valence-electron chi connectivity index (χ3n) is 3.74. The van der Waals surface area contributed by atoms with Crippen molar-refractivity contribution in [1.82, 2.24) is 4.57 Å². The van der Waals surface area contributed by atoms with Gasteiger partial charge in [0.15, 0.2) is 0 Å². The van der Waals surface area contributed by atoms with Crippen molar-refractivity contribution in [1.29, 1.82) is 0 Å². The van der Waals surface area contributed by atoms with E-state index < -0.39 is 0 Å². The highest BCUT2D eigenvalue weighted by molar-refractivity contribution is 5.86. The van der Waals surface area contributed by atoms with Crippen LogP contribution in [0, 0.1) is 6.92 Å². The second-order valence-corrected chi connectivity index (χ2v) is 5.20. The van der Waals surface area contributed by atoms with E-state index >= 15 is 0 Å². The molecule has 0 aliphatic heterocycles. The van der Waals surface area contributed by atoms with Crippen LogP contribution in [0.3, 0.4) is 0 Å². The Morgan fingerprint density at radius 2 is 1.71 bits per heavy atom. The molecule has 3 nitrogen and oxygen atoms in total. The maximum absolute atomic E-state index is 5.88. The van der Waals surface area contributed by atoms with Gasteiger partial charge in [0.05, 0.1) is 12.6 Å². The Kier molecular flexibility index (Phi) is 3.57. The quantitative estimate of drug-likeness (QED) is 0.719. The Labute approximate surface area is 124 Å². The van der Waals surface area contributed by atoms with E-state index in [9.17, 15) is 0 Å². The fourth-order valence-corrected chi connectivity index (χ4v) is 2.70. The molecule has 0 aliphatic rings. The lowest BCUT2D eigenvalue weighted by Crippen LogP contribution is -1.94. The highest BCUT2D eigenvalue weighted by Crippen LogP contribution is 2.25. The molecule has 0 N–H and O–H groups in total. The highest BCUT2D eigenvalue weighted by atomic mass is 16.5. The summed E-state index contributed by atoms with van der Waals surface area (Å²) in [4.78, 5) is 0. The van der Waals surface area contributed by atoms with E-state index in [-0.39, 0.29) is 0 Å². The zero-order chi connectivity index (χ0) is 14.8. The number of para-hydroxylation sites is 1. The number of aryl methyl sites for hydroxylation is 2. The minimum atomic E-state index is 0.563. The Morgan fingerprint density at radius 3 is 2.43 bits per heavy atom. The van der Waals surface area contributed by atoms with Crippen LogP contribution < -0.4 is 9.47 Å². The molecule has 0 unspecified atom stereocenters. The summed E-state index contributed by atoms with van der Waals surface area (Å²) in [6, 6.07) is 14.0. The average molecular weight is 281 g/mol. The number of fused-ring (bicyclic) bond motifs is 1. The van der Waals surface area contributed by atoms with Crippen LogP contribution in [-0.4, -0.2) is 11.7 Å². The van der Waals surface area contributed by atoms with Crippen LogP contribution in [-0.2, 0) is 13.7 Å². The molecule has 0 saturated heterocycles. The fourth-order valence-electron chi connectivity index (χ4n) is 2.70. The molecule has 0 spiro atoms. The van der Waals surface area contributed by atoms with Crippen LogP contribution in [0.4, 0.5) is 0 Å². The SMILES string of the molecule is COc1ccc(OCc2cn(C)c3c(C)cccc23)cc1. The lowest BCUT2D eigenvalue weighted by Gasteiger charge is -2.06. The van der Waals surface area contributed by atoms with Gasteiger partial charge in [-0.1, -0.05) is 18.2 Å². The molecule has 0 bridgehead atoms. The lowest BCUT2D eigenvalue weighted by atomic mass is 10.1. The number of hydrogen-bond acceptors (Lipinski definition) is 2. The standard InChI is InChI=1S/C18H19NO2/c1-13-5-4-6-17-14(11-19(2)18(13)17)12-21-16-9-7-15(20-3)8-10-16/h4-11H,12H2,1-3H3. The predicted molar refractivity (Wildman–Crippen MR) is 85.0 cm³/mol. The van der Waals surface area contributed by atoms with Gasteiger partial charge < -0.3 is 14.0 Å². The molecule has 0 aliphatic carbocycles. The summed E-state index contributed by atoms with van der Waals surface area (Å²) < 4.78 is 13.2. The van der Waals surface area contributed by atoms with Crippen LogP contribution in [0.25, 0.3) is 10.9 Å². The van der Waals surface area contributed by atoms with Crippen LogP contribution in [0.5, 0.6) is 11.5 Å². The minimum Gasteiger partial charge on any atom is -0.497 e. The topological polar surface area (TPSA) is 23.4 Å². The molecule has 3 aromatic rings. The van der Waals surface area contributed by atoms with Gasteiger partial charge in [-0.3, -0.25) is 0 Å². The summed E-state index contributed by atoms with van der Waals surface area (Å²) in [5.41, 5.74) is 3.75. The second kappa shape index (κ2) is 5.52. The molecule has 108 valence electrons. The highest BCUT2D eigenvalue weighted by Gasteiger charge is 2.08. The predicted octanol–water partition coefficient (Wildman–Crippen LogP) is 4.07. The van der Waals surface area contributed by atoms with Gasteiger partial charge >= 0.3 is 0 Å². The Hall–Kier alpha value is -2.42. The van der Waals surface area contributed by atoms with E-state index in [0.717, 1.165) is 11.5 Å². The summed E-state index contributed by atoms with van der Waals surface area (Å²) in [7, 11) is 3.74. The monoisotopic (exact) mass is 281 g/mol. The Morgan fingerprint density at radius 1 is 1.00 bits per heavy atom. The first-order chi connectivity index (χ1) is 10.2. The molecule has 1 heterocycles. The Bertz CT molecular complexity index is 757. The maximum Gasteiger partial charge on any atom is 0.120 e. The first kappa shape index (κ1) is 13.6. The molecule has 2 aromatic carbocycles. The molecule has 1 aromatic heterocycles. The van der Waals surface area contributed by atoms with Crippen molar-refractivity contribution in [3.63, 3.8) is 0 Å². The van der Waals surface area contributed by atoms with Crippen molar-refractivity contribution >= 4 is 10.9 Å². The summed E-state index contributed by atoms with van der Waals surface area (Å²) in [5.74, 6) is 1.68. The number of hydrogen-bond donors (Lipinski definition) is 0. The van der Waals surface area contributed by atoms with Crippen LogP contribution in [0.15, 0.2) is 48.7 Å². The normalized spacial score (nSPS) is 10.8. The Balaban J connectivity index is 1.83. The van der Waals surface area contributed by atoms with E-state index in [0.29, 0.717) is 6.61 Å². The molecule has 21 heavy (non-hydrogen) atoms. The van der Waals surface area contributed by atoms with Crippen molar-refractivity contribution in [2.45, 2.75) is 13.5 Å². The zero-order valence-corrected chi connectivity index (χ0v) is 12.6. The van der Waals surface area contributed by atoms with Crippen molar-refractivity contribution in [2.24, 2.45) is 7.05 Å². The van der Waals surface area contributed by atoms with Crippen molar-refractivity contribution < 1.29 is 9.47 Å². The lowest BCUT2D eigenvalue weighted by molar-refractivity contribution is 0.306. The van der Waals surface area contributed by atoms with E-state index in [1.54, 1.807) is 7.11 Å². The van der Waals surface area contributed by atoms with Crippen LogP contribution in [0.2, 0.25) is 0 Å². The van der Waals surface area contributed by atoms with Gasteiger partial charge in [-0.25, -0.2) is 0 Å². The zero-order valence-electron chi connectivity index (χ0n) is 12.6. The van der Waals surface area contributed by atoms with E-state index in [4.69, 9.17) is 9.47 Å². The van der Waals surface area contributed by atoms with Crippen LogP contribution in [0.1, 0.15) is 11.1 Å². The second-order valence-electron chi connectivity index (χ2n) is 5.20. The first-order valence-corrected chi connectivity index (χ1v) is 6.99. The van der Waals surface area contributed by atoms with Gasteiger partial charge in [0.1, 0.15) is 18.1 Å². The number of methoxy groups -OCH3 is 1. The molecule has 3 heteroatoms. The molecule has 0 amide bonds. The number of ether oxygens (including phenoxy) is 2. The van der Waals surface area contributed by atoms with Gasteiger partial charge in [-0.15, -0.1) is 0 Å². The van der Waals surface area contributed by atoms with E-state index in [1.165, 1.54) is 22.0 Å². The molecular formula is C18H19NO2. The fraction of sp³-hybridized carbons (Fsp3) is 0.222. The van der Waals surface area contributed by atoms with Gasteiger partial charge in [0, 0.05) is 24.2 Å². The van der Waals surface area contributed by atoms with Crippen LogP contribution >= 0.6 is 0 Å². The van der Waals surface area contributed by atoms with Gasteiger partial charge in [0.2, 0.25) is 0 Å². The van der Waals surface area contributed by atoms with Gasteiger partial charge in [0.25, 0.3) is 0 Å². The number of nitrogens with zero attached hydrogens (tertiary/aromatic N) is 1. The summed E-state index contributed by atoms with van der Waals surface area (Å²) >= 11 is 0. The molecule has 0 saturated carbocycles. The third kappa shape index (κ3) is 2.59. The number of rotatable bonds is 4. The maximum atomic E-state index is 5.88. The summed E-state index contributed by atoms with van der Waals surface area (Å²) in [5, 5.41) is 1.26.